The zero-order valence-corrected chi connectivity index (χ0v) is 11.7. The minimum atomic E-state index is 0.666. The molecule has 0 atom stereocenters. The highest BCUT2D eigenvalue weighted by molar-refractivity contribution is 7.10. The van der Waals surface area contributed by atoms with E-state index in [9.17, 15) is 0 Å². The monoisotopic (exact) mass is 270 g/mol. The van der Waals surface area contributed by atoms with Crippen molar-refractivity contribution in [3.63, 3.8) is 0 Å². The van der Waals surface area contributed by atoms with Crippen molar-refractivity contribution in [2.45, 2.75) is 25.8 Å². The van der Waals surface area contributed by atoms with Gasteiger partial charge in [-0.15, -0.1) is 11.3 Å². The quantitative estimate of drug-likeness (QED) is 0.765. The fourth-order valence-corrected chi connectivity index (χ4v) is 2.78. The first-order valence-electron chi connectivity index (χ1n) is 6.60. The molecular formula is C16H18N2S. The van der Waals surface area contributed by atoms with E-state index in [2.05, 4.69) is 47.1 Å². The van der Waals surface area contributed by atoms with Gasteiger partial charge in [0.1, 0.15) is 0 Å². The number of nitrogens with zero attached hydrogens (tertiary/aromatic N) is 1. The number of rotatable bonds is 7. The van der Waals surface area contributed by atoms with Crippen LogP contribution in [0.2, 0.25) is 0 Å². The summed E-state index contributed by atoms with van der Waals surface area (Å²) in [6.45, 7) is 1.91. The number of benzene rings is 1. The van der Waals surface area contributed by atoms with E-state index in [0.29, 0.717) is 6.42 Å². The highest BCUT2D eigenvalue weighted by Gasteiger charge is 2.01. The summed E-state index contributed by atoms with van der Waals surface area (Å²) in [4.78, 5) is 1.36. The molecule has 1 heterocycles. The number of nitriles is 1. The van der Waals surface area contributed by atoms with Crippen LogP contribution in [0.5, 0.6) is 0 Å². The van der Waals surface area contributed by atoms with Crippen LogP contribution in [-0.4, -0.2) is 6.54 Å². The molecule has 0 aliphatic rings. The van der Waals surface area contributed by atoms with Crippen LogP contribution in [0.1, 0.15) is 24.1 Å². The van der Waals surface area contributed by atoms with Crippen LogP contribution in [0.25, 0.3) is 11.1 Å². The molecule has 0 aliphatic carbocycles. The van der Waals surface area contributed by atoms with Gasteiger partial charge in [0, 0.05) is 17.8 Å². The summed E-state index contributed by atoms with van der Waals surface area (Å²) in [5, 5.41) is 14.1. The maximum Gasteiger partial charge on any atom is 0.0621 e. The Morgan fingerprint density at radius 3 is 2.74 bits per heavy atom. The summed E-state index contributed by atoms with van der Waals surface area (Å²) in [6, 6.07) is 14.9. The highest BCUT2D eigenvalue weighted by Crippen LogP contribution is 2.25. The lowest BCUT2D eigenvalue weighted by Gasteiger charge is -2.01. The van der Waals surface area contributed by atoms with Gasteiger partial charge >= 0.3 is 0 Å². The number of unbranched alkanes of at least 4 members (excludes halogenated alkanes) is 2. The molecule has 2 nitrogen and oxygen atoms in total. The molecule has 0 spiro atoms. The van der Waals surface area contributed by atoms with Crippen molar-refractivity contribution in [2.24, 2.45) is 0 Å². The number of nitrogens with one attached hydrogen (secondary N) is 1. The van der Waals surface area contributed by atoms with E-state index < -0.39 is 0 Å². The lowest BCUT2D eigenvalue weighted by molar-refractivity contribution is 0.632. The zero-order valence-electron chi connectivity index (χ0n) is 10.9. The minimum Gasteiger partial charge on any atom is -0.312 e. The van der Waals surface area contributed by atoms with Gasteiger partial charge in [0.05, 0.1) is 6.07 Å². The Hall–Kier alpha value is -1.63. The van der Waals surface area contributed by atoms with Crippen molar-refractivity contribution in [1.29, 1.82) is 5.26 Å². The molecule has 2 rings (SSSR count). The molecule has 0 fully saturated rings. The average Bonchev–Trinajstić information content (AvgIpc) is 2.92. The molecule has 0 aliphatic heterocycles. The lowest BCUT2D eigenvalue weighted by atomic mass is 10.1. The van der Waals surface area contributed by atoms with Crippen molar-refractivity contribution in [3.05, 3.63) is 46.7 Å². The maximum absolute atomic E-state index is 8.44. The molecule has 0 saturated carbocycles. The van der Waals surface area contributed by atoms with Crippen LogP contribution >= 0.6 is 11.3 Å². The fraction of sp³-hybridized carbons (Fsp3) is 0.312. The van der Waals surface area contributed by atoms with Gasteiger partial charge in [0.2, 0.25) is 0 Å². The summed E-state index contributed by atoms with van der Waals surface area (Å²) in [6.07, 6.45) is 2.73. The fourth-order valence-electron chi connectivity index (χ4n) is 1.92. The largest absolute Gasteiger partial charge is 0.312 e. The van der Waals surface area contributed by atoms with Gasteiger partial charge in [-0.05, 0) is 42.0 Å². The summed E-state index contributed by atoms with van der Waals surface area (Å²) < 4.78 is 0. The molecule has 1 aromatic heterocycles. The van der Waals surface area contributed by atoms with E-state index in [-0.39, 0.29) is 0 Å². The number of hydrogen-bond donors (Lipinski definition) is 1. The molecule has 0 bridgehead atoms. The SMILES string of the molecule is N#CCCCCNCc1cc(-c2ccccc2)cs1. The second-order valence-electron chi connectivity index (χ2n) is 4.46. The van der Waals surface area contributed by atoms with Gasteiger partial charge in [-0.3, -0.25) is 0 Å². The van der Waals surface area contributed by atoms with Gasteiger partial charge in [0.25, 0.3) is 0 Å². The van der Waals surface area contributed by atoms with Gasteiger partial charge < -0.3 is 5.32 Å². The molecule has 0 radical (unpaired) electrons. The average molecular weight is 270 g/mol. The van der Waals surface area contributed by atoms with Crippen LogP contribution in [0.15, 0.2) is 41.8 Å². The van der Waals surface area contributed by atoms with Crippen molar-refractivity contribution < 1.29 is 0 Å². The van der Waals surface area contributed by atoms with E-state index in [1.165, 1.54) is 16.0 Å². The topological polar surface area (TPSA) is 35.8 Å². The van der Waals surface area contributed by atoms with Crippen molar-refractivity contribution in [2.75, 3.05) is 6.54 Å². The van der Waals surface area contributed by atoms with Crippen molar-refractivity contribution >= 4 is 11.3 Å². The van der Waals surface area contributed by atoms with Crippen molar-refractivity contribution in [3.8, 4) is 17.2 Å². The minimum absolute atomic E-state index is 0.666. The smallest absolute Gasteiger partial charge is 0.0621 e. The molecule has 0 saturated heterocycles. The Kier molecular flexibility index (Phi) is 5.61. The van der Waals surface area contributed by atoms with E-state index in [1.54, 1.807) is 11.3 Å². The van der Waals surface area contributed by atoms with E-state index in [4.69, 9.17) is 5.26 Å². The van der Waals surface area contributed by atoms with Crippen LogP contribution in [0.4, 0.5) is 0 Å². The molecule has 98 valence electrons. The van der Waals surface area contributed by atoms with Crippen LogP contribution in [0, 0.1) is 11.3 Å². The van der Waals surface area contributed by atoms with Crippen LogP contribution in [0.3, 0.4) is 0 Å². The van der Waals surface area contributed by atoms with Crippen LogP contribution < -0.4 is 5.32 Å². The first-order valence-corrected chi connectivity index (χ1v) is 7.48. The Labute approximate surface area is 118 Å². The Morgan fingerprint density at radius 2 is 1.95 bits per heavy atom. The standard InChI is InChI=1S/C16H18N2S/c17-9-5-2-6-10-18-12-16-11-15(13-19-16)14-7-3-1-4-8-14/h1,3-4,7-8,11,13,18H,2,5-6,10,12H2. The second kappa shape index (κ2) is 7.73. The molecule has 1 aromatic carbocycles. The summed E-state index contributed by atoms with van der Waals surface area (Å²) >= 11 is 1.80. The predicted octanol–water partition coefficient (Wildman–Crippen LogP) is 4.20. The van der Waals surface area contributed by atoms with Gasteiger partial charge in [-0.2, -0.15) is 5.26 Å². The van der Waals surface area contributed by atoms with Gasteiger partial charge in [-0.1, -0.05) is 30.3 Å². The van der Waals surface area contributed by atoms with Gasteiger partial charge in [0.15, 0.2) is 0 Å². The number of hydrogen-bond acceptors (Lipinski definition) is 3. The molecule has 2 aromatic rings. The zero-order chi connectivity index (χ0) is 13.3. The van der Waals surface area contributed by atoms with E-state index in [1.807, 2.05) is 6.07 Å². The molecule has 3 heteroatoms. The maximum atomic E-state index is 8.44. The third-order valence-corrected chi connectivity index (χ3v) is 3.89. The normalized spacial score (nSPS) is 10.3. The molecule has 0 amide bonds. The third kappa shape index (κ3) is 4.51. The first-order chi connectivity index (χ1) is 9.40. The Balaban J connectivity index is 1.77. The molecule has 0 unspecified atom stereocenters. The lowest BCUT2D eigenvalue weighted by Crippen LogP contribution is -2.13. The van der Waals surface area contributed by atoms with E-state index >= 15 is 0 Å². The summed E-state index contributed by atoms with van der Waals surface area (Å²) in [5.74, 6) is 0. The van der Waals surface area contributed by atoms with E-state index in [0.717, 1.165) is 25.9 Å². The molecule has 1 N–H and O–H groups in total. The first kappa shape index (κ1) is 13.8. The summed E-state index contributed by atoms with van der Waals surface area (Å²) in [7, 11) is 0. The third-order valence-electron chi connectivity index (χ3n) is 2.95. The second-order valence-corrected chi connectivity index (χ2v) is 5.46. The highest BCUT2D eigenvalue weighted by atomic mass is 32.1. The van der Waals surface area contributed by atoms with Crippen LogP contribution in [-0.2, 0) is 6.54 Å². The Morgan fingerprint density at radius 1 is 1.11 bits per heavy atom. The Bertz CT molecular complexity index is 525. The molecule has 19 heavy (non-hydrogen) atoms. The predicted molar refractivity (Wildman–Crippen MR) is 80.9 cm³/mol. The molecular weight excluding hydrogens is 252 g/mol. The van der Waals surface area contributed by atoms with Gasteiger partial charge in [-0.25, -0.2) is 0 Å². The summed E-state index contributed by atoms with van der Waals surface area (Å²) in [5.41, 5.74) is 2.57. The van der Waals surface area contributed by atoms with Crippen molar-refractivity contribution in [1.82, 2.24) is 5.32 Å². The number of thiophene rings is 1.